The van der Waals surface area contributed by atoms with Crippen molar-refractivity contribution in [1.29, 1.82) is 0 Å². The third-order valence-electron chi connectivity index (χ3n) is 6.92. The Bertz CT molecular complexity index is 1060. The fourth-order valence-corrected chi connectivity index (χ4v) is 4.18. The minimum atomic E-state index is -0.363. The summed E-state index contributed by atoms with van der Waals surface area (Å²) in [6.45, 7) is 11.1. The Balaban J connectivity index is 1.13. The maximum absolute atomic E-state index is 11.8. The summed E-state index contributed by atoms with van der Waals surface area (Å²) in [7, 11) is 0. The molecule has 17 nitrogen and oxygen atoms in total. The monoisotopic (exact) mass is 773 g/mol. The van der Waals surface area contributed by atoms with Crippen LogP contribution in [0.2, 0.25) is 0 Å². The molecule has 0 unspecified atom stereocenters. The topological polar surface area (TPSA) is 174 Å². The number of hydrogen-bond acceptors (Lipinski definition) is 16. The van der Waals surface area contributed by atoms with Gasteiger partial charge in [0.25, 0.3) is 11.8 Å². The van der Waals surface area contributed by atoms with Gasteiger partial charge in [-0.3, -0.25) is 14.5 Å². The lowest BCUT2D eigenvalue weighted by atomic mass is 10.2. The number of esters is 1. The Kier molecular flexibility index (Phi) is 31.3. The SMILES string of the molecule is O=C(OCCOCCOCCOCCOCCOCCOCCOCCOCCOCCOCCOCCOCCN1C(=O)C=CC1=O)c1ccccc1. The van der Waals surface area contributed by atoms with Gasteiger partial charge in [0.15, 0.2) is 0 Å². The maximum atomic E-state index is 11.8. The number of benzene rings is 1. The highest BCUT2D eigenvalue weighted by Gasteiger charge is 2.22. The summed E-state index contributed by atoms with van der Waals surface area (Å²) >= 11 is 0. The maximum Gasteiger partial charge on any atom is 0.338 e. The van der Waals surface area contributed by atoms with Crippen LogP contribution in [0.3, 0.4) is 0 Å². The smallest absolute Gasteiger partial charge is 0.338 e. The average molecular weight is 774 g/mol. The van der Waals surface area contributed by atoms with Crippen molar-refractivity contribution in [1.82, 2.24) is 4.90 Å². The number of imide groups is 1. The zero-order valence-corrected chi connectivity index (χ0v) is 31.4. The molecule has 54 heavy (non-hydrogen) atoms. The van der Waals surface area contributed by atoms with Crippen LogP contribution in [0.25, 0.3) is 0 Å². The molecule has 0 bridgehead atoms. The van der Waals surface area contributed by atoms with Crippen molar-refractivity contribution in [3.63, 3.8) is 0 Å². The largest absolute Gasteiger partial charge is 0.460 e. The molecule has 0 aromatic heterocycles. The van der Waals surface area contributed by atoms with Crippen molar-refractivity contribution in [2.75, 3.05) is 172 Å². The van der Waals surface area contributed by atoms with Gasteiger partial charge < -0.3 is 61.6 Å². The van der Waals surface area contributed by atoms with Gasteiger partial charge in [0, 0.05) is 12.2 Å². The van der Waals surface area contributed by atoms with Crippen LogP contribution < -0.4 is 0 Å². The summed E-state index contributed by atoms with van der Waals surface area (Å²) in [6.07, 6.45) is 2.50. The fraction of sp³-hybridized carbons (Fsp3) is 0.703. The second-order valence-corrected chi connectivity index (χ2v) is 11.0. The van der Waals surface area contributed by atoms with E-state index >= 15 is 0 Å². The predicted octanol–water partition coefficient (Wildman–Crippen LogP) is 0.968. The van der Waals surface area contributed by atoms with E-state index in [0.29, 0.717) is 158 Å². The summed E-state index contributed by atoms with van der Waals surface area (Å²) in [5.41, 5.74) is 0.519. The van der Waals surface area contributed by atoms with E-state index in [9.17, 15) is 14.4 Å². The standard InChI is InChI=1S/C37H59NO16/c39-35-6-7-36(40)38(35)8-9-42-10-11-43-12-13-44-14-15-45-16-17-46-18-19-47-20-21-48-22-23-49-24-25-50-26-27-51-28-29-52-30-31-53-32-33-54-37(41)34-4-2-1-3-5-34/h1-7H,8-33H2. The Hall–Kier alpha value is -2.91. The van der Waals surface area contributed by atoms with Gasteiger partial charge in [-0.05, 0) is 12.1 Å². The highest BCUT2D eigenvalue weighted by molar-refractivity contribution is 6.12. The van der Waals surface area contributed by atoms with E-state index < -0.39 is 0 Å². The van der Waals surface area contributed by atoms with Gasteiger partial charge in [0.1, 0.15) is 6.61 Å². The highest BCUT2D eigenvalue weighted by Crippen LogP contribution is 2.03. The van der Waals surface area contributed by atoms with Crippen LogP contribution in [0.5, 0.6) is 0 Å². The van der Waals surface area contributed by atoms with E-state index in [0.717, 1.165) is 4.90 Å². The zero-order valence-electron chi connectivity index (χ0n) is 31.4. The van der Waals surface area contributed by atoms with Gasteiger partial charge >= 0.3 is 5.97 Å². The van der Waals surface area contributed by atoms with E-state index in [1.54, 1.807) is 24.3 Å². The van der Waals surface area contributed by atoms with E-state index in [2.05, 4.69) is 0 Å². The number of nitrogens with zero attached hydrogens (tertiary/aromatic N) is 1. The molecule has 0 atom stereocenters. The van der Waals surface area contributed by atoms with Gasteiger partial charge in [0.05, 0.1) is 171 Å². The van der Waals surface area contributed by atoms with Gasteiger partial charge in [-0.2, -0.15) is 0 Å². The Morgan fingerprint density at radius 3 is 0.926 bits per heavy atom. The second kappa shape index (κ2) is 35.8. The number of ether oxygens (including phenoxy) is 13. The molecule has 1 aliphatic heterocycles. The first-order chi connectivity index (χ1) is 26.7. The molecule has 0 radical (unpaired) electrons. The molecule has 0 aliphatic carbocycles. The average Bonchev–Trinajstić information content (AvgIpc) is 3.51. The van der Waals surface area contributed by atoms with Gasteiger partial charge in [-0.15, -0.1) is 0 Å². The molecule has 0 spiro atoms. The normalized spacial score (nSPS) is 12.7. The molecule has 1 aliphatic rings. The first kappa shape index (κ1) is 47.2. The molecule has 1 heterocycles. The first-order valence-electron chi connectivity index (χ1n) is 18.4. The quantitative estimate of drug-likeness (QED) is 0.0524. The van der Waals surface area contributed by atoms with Crippen LogP contribution in [0, 0.1) is 0 Å². The molecular weight excluding hydrogens is 714 g/mol. The summed E-state index contributed by atoms with van der Waals surface area (Å²) in [6, 6.07) is 8.83. The van der Waals surface area contributed by atoms with Crippen LogP contribution in [0.4, 0.5) is 0 Å². The van der Waals surface area contributed by atoms with Crippen molar-refractivity contribution in [3.05, 3.63) is 48.0 Å². The minimum Gasteiger partial charge on any atom is -0.460 e. The Morgan fingerprint density at radius 2 is 0.630 bits per heavy atom. The van der Waals surface area contributed by atoms with E-state index in [4.69, 9.17) is 61.6 Å². The molecule has 308 valence electrons. The van der Waals surface area contributed by atoms with E-state index in [1.165, 1.54) is 12.2 Å². The second-order valence-electron chi connectivity index (χ2n) is 11.0. The Morgan fingerprint density at radius 1 is 0.370 bits per heavy atom. The van der Waals surface area contributed by atoms with Crippen LogP contribution in [0.15, 0.2) is 42.5 Å². The van der Waals surface area contributed by atoms with Crippen molar-refractivity contribution < 1.29 is 76.0 Å². The third-order valence-corrected chi connectivity index (χ3v) is 6.92. The molecule has 17 heteroatoms. The number of amides is 2. The van der Waals surface area contributed by atoms with Crippen LogP contribution in [0.1, 0.15) is 10.4 Å². The van der Waals surface area contributed by atoms with Crippen LogP contribution in [-0.4, -0.2) is 194 Å². The highest BCUT2D eigenvalue weighted by atomic mass is 16.6. The molecular formula is C37H59NO16. The summed E-state index contributed by atoms with van der Waals surface area (Å²) in [5.74, 6) is -0.984. The molecule has 0 saturated carbocycles. The molecule has 1 aromatic rings. The lowest BCUT2D eigenvalue weighted by molar-refractivity contribution is -0.137. The number of rotatable bonds is 40. The van der Waals surface area contributed by atoms with Gasteiger partial charge in [-0.1, -0.05) is 18.2 Å². The van der Waals surface area contributed by atoms with Crippen molar-refractivity contribution in [2.24, 2.45) is 0 Å². The molecule has 2 amide bonds. The summed E-state index contributed by atoms with van der Waals surface area (Å²) < 4.78 is 70.5. The Labute approximate surface area is 318 Å². The van der Waals surface area contributed by atoms with Gasteiger partial charge in [-0.25, -0.2) is 4.79 Å². The summed E-state index contributed by atoms with van der Waals surface area (Å²) in [5, 5.41) is 0. The summed E-state index contributed by atoms with van der Waals surface area (Å²) in [4.78, 5) is 35.8. The van der Waals surface area contributed by atoms with Crippen molar-refractivity contribution in [3.8, 4) is 0 Å². The van der Waals surface area contributed by atoms with Crippen LogP contribution in [-0.2, 0) is 71.2 Å². The molecule has 1 aromatic carbocycles. The van der Waals surface area contributed by atoms with E-state index in [-0.39, 0.29) is 37.5 Å². The number of hydrogen-bond donors (Lipinski definition) is 0. The lowest BCUT2D eigenvalue weighted by Crippen LogP contribution is -2.33. The van der Waals surface area contributed by atoms with E-state index in [1.807, 2.05) is 6.07 Å². The van der Waals surface area contributed by atoms with Crippen LogP contribution >= 0.6 is 0 Å². The zero-order chi connectivity index (χ0) is 38.4. The first-order valence-corrected chi connectivity index (χ1v) is 18.4. The molecule has 2 rings (SSSR count). The fourth-order valence-electron chi connectivity index (χ4n) is 4.18. The lowest BCUT2D eigenvalue weighted by Gasteiger charge is -2.13. The predicted molar refractivity (Wildman–Crippen MR) is 192 cm³/mol. The molecule has 0 fully saturated rings. The number of carbonyl (C=O) groups excluding carboxylic acids is 3. The molecule has 0 N–H and O–H groups in total. The minimum absolute atomic E-state index is 0.194. The van der Waals surface area contributed by atoms with Crippen molar-refractivity contribution in [2.45, 2.75) is 0 Å². The van der Waals surface area contributed by atoms with Crippen molar-refractivity contribution >= 4 is 17.8 Å². The molecule has 0 saturated heterocycles. The van der Waals surface area contributed by atoms with Gasteiger partial charge in [0.2, 0.25) is 0 Å². The third kappa shape index (κ3) is 27.6. The number of carbonyl (C=O) groups is 3.